The van der Waals surface area contributed by atoms with Crippen molar-refractivity contribution in [1.29, 1.82) is 0 Å². The molecule has 0 spiro atoms. The summed E-state index contributed by atoms with van der Waals surface area (Å²) in [6.07, 6.45) is 0. The maximum atomic E-state index is 11.7. The van der Waals surface area contributed by atoms with Gasteiger partial charge in [-0.3, -0.25) is 4.79 Å². The topological polar surface area (TPSA) is 56.8 Å². The third kappa shape index (κ3) is 3.75. The first kappa shape index (κ1) is 14.0. The highest BCUT2D eigenvalue weighted by atomic mass is 35.5. The normalized spacial score (nSPS) is 13.5. The van der Waals surface area contributed by atoms with E-state index in [-0.39, 0.29) is 24.9 Å². The predicted molar refractivity (Wildman–Crippen MR) is 71.9 cm³/mol. The number of fused-ring (bicyclic) bond motifs is 1. The van der Waals surface area contributed by atoms with Gasteiger partial charge in [0.2, 0.25) is 12.7 Å². The fourth-order valence-corrected chi connectivity index (χ4v) is 1.68. The molecule has 6 heteroatoms. The van der Waals surface area contributed by atoms with Crippen molar-refractivity contribution in [2.24, 2.45) is 0 Å². The van der Waals surface area contributed by atoms with Crippen molar-refractivity contribution in [1.82, 2.24) is 0 Å². The highest BCUT2D eigenvalue weighted by Gasteiger charge is 2.18. The Morgan fingerprint density at radius 2 is 2.00 bits per heavy atom. The van der Waals surface area contributed by atoms with Crippen LogP contribution in [0.25, 0.3) is 0 Å². The number of amides is 1. The van der Waals surface area contributed by atoms with Crippen molar-refractivity contribution in [2.45, 2.75) is 26.4 Å². The van der Waals surface area contributed by atoms with E-state index in [1.807, 2.05) is 20.8 Å². The Bertz CT molecular complexity index is 496. The number of nitrogens with one attached hydrogen (secondary N) is 1. The summed E-state index contributed by atoms with van der Waals surface area (Å²) in [5, 5.41) is 3.08. The van der Waals surface area contributed by atoms with E-state index in [1.54, 1.807) is 12.1 Å². The summed E-state index contributed by atoms with van der Waals surface area (Å²) < 4.78 is 15.8. The summed E-state index contributed by atoms with van der Waals surface area (Å²) in [5.41, 5.74) is 0.115. The maximum Gasteiger partial charge on any atom is 0.250 e. The second kappa shape index (κ2) is 5.27. The summed E-state index contributed by atoms with van der Waals surface area (Å²) >= 11 is 6.05. The van der Waals surface area contributed by atoms with Crippen molar-refractivity contribution >= 4 is 23.2 Å². The molecule has 1 amide bonds. The van der Waals surface area contributed by atoms with Crippen LogP contribution in [0, 0.1) is 0 Å². The van der Waals surface area contributed by atoms with Gasteiger partial charge in [0.25, 0.3) is 0 Å². The van der Waals surface area contributed by atoms with Crippen LogP contribution in [0.4, 0.5) is 5.69 Å². The summed E-state index contributed by atoms with van der Waals surface area (Å²) in [6.45, 7) is 5.78. The van der Waals surface area contributed by atoms with E-state index < -0.39 is 0 Å². The van der Waals surface area contributed by atoms with Gasteiger partial charge in [0.1, 0.15) is 6.61 Å². The number of ether oxygens (including phenoxy) is 3. The molecule has 5 nitrogen and oxygen atoms in total. The summed E-state index contributed by atoms with van der Waals surface area (Å²) in [5.74, 6) is 0.876. The first-order valence-corrected chi connectivity index (χ1v) is 6.26. The number of anilines is 1. The van der Waals surface area contributed by atoms with Crippen molar-refractivity contribution in [3.05, 3.63) is 17.2 Å². The Morgan fingerprint density at radius 3 is 2.63 bits per heavy atom. The fourth-order valence-electron chi connectivity index (χ4n) is 1.48. The molecule has 1 aromatic rings. The lowest BCUT2D eigenvalue weighted by atomic mass is 10.2. The van der Waals surface area contributed by atoms with Crippen LogP contribution >= 0.6 is 11.6 Å². The van der Waals surface area contributed by atoms with E-state index in [4.69, 9.17) is 25.8 Å². The Labute approximate surface area is 116 Å². The number of carbonyl (C=O) groups is 1. The molecule has 104 valence electrons. The van der Waals surface area contributed by atoms with Gasteiger partial charge >= 0.3 is 0 Å². The lowest BCUT2D eigenvalue weighted by Gasteiger charge is -2.19. The van der Waals surface area contributed by atoms with Gasteiger partial charge in [0, 0.05) is 12.1 Å². The monoisotopic (exact) mass is 285 g/mol. The third-order valence-corrected chi connectivity index (χ3v) is 2.69. The molecule has 0 bridgehead atoms. The molecule has 0 fully saturated rings. The van der Waals surface area contributed by atoms with Gasteiger partial charge in [-0.25, -0.2) is 0 Å². The Morgan fingerprint density at radius 1 is 1.37 bits per heavy atom. The first-order chi connectivity index (χ1) is 8.85. The molecule has 0 aliphatic carbocycles. The highest BCUT2D eigenvalue weighted by molar-refractivity contribution is 6.34. The van der Waals surface area contributed by atoms with Gasteiger partial charge < -0.3 is 19.5 Å². The average Bonchev–Trinajstić information content (AvgIpc) is 2.73. The number of rotatable bonds is 3. The molecular formula is C13H16ClNO4. The molecule has 19 heavy (non-hydrogen) atoms. The Balaban J connectivity index is 2.01. The molecule has 0 saturated heterocycles. The largest absolute Gasteiger partial charge is 0.454 e. The van der Waals surface area contributed by atoms with Gasteiger partial charge in [-0.2, -0.15) is 0 Å². The van der Waals surface area contributed by atoms with Gasteiger partial charge in [0.15, 0.2) is 11.5 Å². The van der Waals surface area contributed by atoms with Crippen molar-refractivity contribution in [2.75, 3.05) is 18.7 Å². The average molecular weight is 286 g/mol. The molecule has 0 radical (unpaired) electrons. The van der Waals surface area contributed by atoms with Gasteiger partial charge in [0.05, 0.1) is 16.3 Å². The van der Waals surface area contributed by atoms with Crippen LogP contribution in [0.1, 0.15) is 20.8 Å². The van der Waals surface area contributed by atoms with Crippen LogP contribution in [0.3, 0.4) is 0 Å². The molecule has 1 N–H and O–H groups in total. The molecule has 1 heterocycles. The molecule has 0 atom stereocenters. The van der Waals surface area contributed by atoms with Crippen LogP contribution < -0.4 is 14.8 Å². The second-order valence-corrected chi connectivity index (χ2v) is 5.54. The first-order valence-electron chi connectivity index (χ1n) is 5.88. The van der Waals surface area contributed by atoms with Crippen molar-refractivity contribution < 1.29 is 19.0 Å². The molecular weight excluding hydrogens is 270 g/mol. The van der Waals surface area contributed by atoms with Crippen molar-refractivity contribution in [3.8, 4) is 11.5 Å². The van der Waals surface area contributed by atoms with Gasteiger partial charge in [-0.05, 0) is 20.8 Å². The lowest BCUT2D eigenvalue weighted by molar-refractivity contribution is -0.125. The standard InChI is InChI=1S/C13H16ClNO4/c1-13(2,3)19-6-12(16)15-9-5-11-10(4-8(9)14)17-7-18-11/h4-5H,6-7H2,1-3H3,(H,15,16). The molecule has 0 unspecified atom stereocenters. The van der Waals surface area contributed by atoms with Gasteiger partial charge in [-0.15, -0.1) is 0 Å². The SMILES string of the molecule is CC(C)(C)OCC(=O)Nc1cc2c(cc1Cl)OCO2. The molecule has 1 aliphatic heterocycles. The fraction of sp³-hybridized carbons (Fsp3) is 0.462. The number of benzene rings is 1. The Kier molecular flexibility index (Phi) is 3.87. The van der Waals surface area contributed by atoms with Crippen molar-refractivity contribution in [3.63, 3.8) is 0 Å². The van der Waals surface area contributed by atoms with E-state index >= 15 is 0 Å². The van der Waals surface area contributed by atoms with E-state index in [2.05, 4.69) is 5.32 Å². The Hall–Kier alpha value is -1.46. The highest BCUT2D eigenvalue weighted by Crippen LogP contribution is 2.39. The maximum absolute atomic E-state index is 11.7. The van der Waals surface area contributed by atoms with E-state index in [0.717, 1.165) is 0 Å². The molecule has 0 aromatic heterocycles. The smallest absolute Gasteiger partial charge is 0.250 e. The third-order valence-electron chi connectivity index (χ3n) is 2.37. The second-order valence-electron chi connectivity index (χ2n) is 5.13. The van der Waals surface area contributed by atoms with Crippen LogP contribution in [-0.4, -0.2) is 24.9 Å². The summed E-state index contributed by atoms with van der Waals surface area (Å²) in [6, 6.07) is 3.25. The zero-order valence-corrected chi connectivity index (χ0v) is 11.8. The molecule has 2 rings (SSSR count). The predicted octanol–water partition coefficient (Wildman–Crippen LogP) is 2.82. The minimum Gasteiger partial charge on any atom is -0.454 e. The number of carbonyl (C=O) groups excluding carboxylic acids is 1. The van der Waals surface area contributed by atoms with E-state index in [1.165, 1.54) is 0 Å². The summed E-state index contributed by atoms with van der Waals surface area (Å²) in [7, 11) is 0. The van der Waals surface area contributed by atoms with E-state index in [0.29, 0.717) is 22.2 Å². The van der Waals surface area contributed by atoms with Crippen LogP contribution in [0.5, 0.6) is 11.5 Å². The molecule has 1 aliphatic rings. The lowest BCUT2D eigenvalue weighted by Crippen LogP contribution is -2.27. The van der Waals surface area contributed by atoms with Crippen LogP contribution in [-0.2, 0) is 9.53 Å². The zero-order valence-electron chi connectivity index (χ0n) is 11.1. The van der Waals surface area contributed by atoms with Crippen LogP contribution in [0.15, 0.2) is 12.1 Å². The number of halogens is 1. The number of hydrogen-bond acceptors (Lipinski definition) is 4. The number of hydrogen-bond donors (Lipinski definition) is 1. The quantitative estimate of drug-likeness (QED) is 0.928. The van der Waals surface area contributed by atoms with E-state index in [9.17, 15) is 4.79 Å². The van der Waals surface area contributed by atoms with Crippen LogP contribution in [0.2, 0.25) is 5.02 Å². The molecule has 1 aromatic carbocycles. The summed E-state index contributed by atoms with van der Waals surface area (Å²) in [4.78, 5) is 11.7. The molecule has 0 saturated carbocycles. The zero-order chi connectivity index (χ0) is 14.0. The minimum atomic E-state index is -0.365. The van der Waals surface area contributed by atoms with Gasteiger partial charge in [-0.1, -0.05) is 11.6 Å². The minimum absolute atomic E-state index is 0.0335.